The van der Waals surface area contributed by atoms with Crippen LogP contribution in [-0.4, -0.2) is 65.8 Å². The van der Waals surface area contributed by atoms with Gasteiger partial charge in [-0.05, 0) is 55.9 Å². The Morgan fingerprint density at radius 3 is 1.72 bits per heavy atom. The highest BCUT2D eigenvalue weighted by molar-refractivity contribution is 7.85. The van der Waals surface area contributed by atoms with E-state index in [0.29, 0.717) is 31.6 Å². The molecule has 0 unspecified atom stereocenters. The first-order valence-electron chi connectivity index (χ1n) is 11.7. The maximum Gasteiger partial charge on any atom is 0.264 e. The number of azide groups is 1. The summed E-state index contributed by atoms with van der Waals surface area (Å²) in [6.45, 7) is 3.78. The minimum Gasteiger partial charge on any atom is -0.348 e. The minimum absolute atomic E-state index is 0.255. The largest absolute Gasteiger partial charge is 0.348 e. The van der Waals surface area contributed by atoms with E-state index in [0.717, 1.165) is 83.7 Å². The second kappa shape index (κ2) is 12.0. The second-order valence-electron chi connectivity index (χ2n) is 9.16. The molecule has 4 fully saturated rings. The third kappa shape index (κ3) is 8.13. The standard InChI is InChI=1S/C11H20O5S.C10H17N3O2/c1-17(12,13)16-7-4-10-2-5-11(6-3-10)14-8-9-15-11;11-13-12-6-3-9-1-4-10(5-2-9)14-7-8-15-10/h10H,2-9H2,1H3;9H,1-8H2. The van der Waals surface area contributed by atoms with Crippen LogP contribution in [0.3, 0.4) is 0 Å². The fourth-order valence-corrected chi connectivity index (χ4v) is 5.43. The van der Waals surface area contributed by atoms with Gasteiger partial charge >= 0.3 is 0 Å². The smallest absolute Gasteiger partial charge is 0.264 e. The number of hydrogen-bond donors (Lipinski definition) is 0. The quantitative estimate of drug-likeness (QED) is 0.236. The lowest BCUT2D eigenvalue weighted by molar-refractivity contribution is -0.183. The van der Waals surface area contributed by atoms with E-state index in [2.05, 4.69) is 10.0 Å². The Balaban J connectivity index is 0.000000182. The summed E-state index contributed by atoms with van der Waals surface area (Å²) < 4.78 is 49.0. The van der Waals surface area contributed by atoms with E-state index in [-0.39, 0.29) is 18.2 Å². The van der Waals surface area contributed by atoms with Crippen molar-refractivity contribution in [2.24, 2.45) is 17.0 Å². The molecule has 2 aliphatic heterocycles. The van der Waals surface area contributed by atoms with Gasteiger partial charge in [0.2, 0.25) is 0 Å². The van der Waals surface area contributed by atoms with Crippen molar-refractivity contribution < 1.29 is 31.5 Å². The van der Waals surface area contributed by atoms with Crippen LogP contribution in [0.25, 0.3) is 10.4 Å². The topological polar surface area (TPSA) is 129 Å². The minimum atomic E-state index is -3.30. The van der Waals surface area contributed by atoms with Crippen molar-refractivity contribution >= 4 is 10.1 Å². The van der Waals surface area contributed by atoms with Gasteiger partial charge in [0.05, 0.1) is 39.3 Å². The van der Waals surface area contributed by atoms with Gasteiger partial charge < -0.3 is 18.9 Å². The van der Waals surface area contributed by atoms with Gasteiger partial charge in [-0.3, -0.25) is 4.18 Å². The molecule has 2 saturated heterocycles. The van der Waals surface area contributed by atoms with Gasteiger partial charge in [-0.1, -0.05) is 5.11 Å². The molecule has 0 aromatic heterocycles. The van der Waals surface area contributed by atoms with Crippen LogP contribution in [-0.2, 0) is 33.2 Å². The summed E-state index contributed by atoms with van der Waals surface area (Å²) in [4.78, 5) is 2.77. The second-order valence-corrected chi connectivity index (χ2v) is 10.8. The van der Waals surface area contributed by atoms with Crippen LogP contribution in [0.15, 0.2) is 5.11 Å². The first kappa shape index (κ1) is 25.7. The average Bonchev–Trinajstić information content (AvgIpc) is 3.41. The number of ether oxygens (including phenoxy) is 4. The number of rotatable bonds is 7. The van der Waals surface area contributed by atoms with E-state index < -0.39 is 10.1 Å². The van der Waals surface area contributed by atoms with Crippen molar-refractivity contribution in [1.82, 2.24) is 0 Å². The predicted molar refractivity (Wildman–Crippen MR) is 117 cm³/mol. The lowest BCUT2D eigenvalue weighted by Crippen LogP contribution is -2.35. The lowest BCUT2D eigenvalue weighted by Gasteiger charge is -2.35. The van der Waals surface area contributed by atoms with Gasteiger partial charge in [-0.2, -0.15) is 8.42 Å². The molecule has 2 spiro atoms. The highest BCUT2D eigenvalue weighted by Crippen LogP contribution is 2.40. The molecule has 2 aliphatic carbocycles. The SMILES string of the molecule is CS(=O)(=O)OCCC1CCC2(CC1)OCCO2.[N-]=[N+]=NCCC1CCC2(CC1)OCCO2. The Morgan fingerprint density at radius 2 is 1.31 bits per heavy atom. The molecule has 0 aromatic carbocycles. The van der Waals surface area contributed by atoms with Gasteiger partial charge in [-0.25, -0.2) is 0 Å². The zero-order valence-corrected chi connectivity index (χ0v) is 19.9. The van der Waals surface area contributed by atoms with Crippen molar-refractivity contribution in [3.8, 4) is 0 Å². The van der Waals surface area contributed by atoms with Crippen LogP contribution >= 0.6 is 0 Å². The van der Waals surface area contributed by atoms with E-state index in [4.69, 9.17) is 28.7 Å². The molecule has 2 saturated carbocycles. The van der Waals surface area contributed by atoms with Gasteiger partial charge in [0.15, 0.2) is 11.6 Å². The van der Waals surface area contributed by atoms with Gasteiger partial charge in [0, 0.05) is 37.1 Å². The first-order chi connectivity index (χ1) is 15.3. The molecular weight excluding hydrogens is 438 g/mol. The van der Waals surface area contributed by atoms with Gasteiger partial charge in [-0.15, -0.1) is 0 Å². The maximum absolute atomic E-state index is 10.8. The summed E-state index contributed by atoms with van der Waals surface area (Å²) in [6.07, 6.45) is 11.0. The third-order valence-electron chi connectivity index (χ3n) is 6.89. The molecule has 0 radical (unpaired) electrons. The molecule has 4 aliphatic rings. The van der Waals surface area contributed by atoms with E-state index in [1.165, 1.54) is 0 Å². The summed E-state index contributed by atoms with van der Waals surface area (Å²) in [7, 11) is -3.30. The Kier molecular flexibility index (Phi) is 9.60. The van der Waals surface area contributed by atoms with Crippen LogP contribution in [0.2, 0.25) is 0 Å². The molecular formula is C21H37N3O7S. The van der Waals surface area contributed by atoms with E-state index in [9.17, 15) is 8.42 Å². The monoisotopic (exact) mass is 475 g/mol. The van der Waals surface area contributed by atoms with Crippen LogP contribution in [0.4, 0.5) is 0 Å². The number of nitrogens with zero attached hydrogens (tertiary/aromatic N) is 3. The predicted octanol–water partition coefficient (Wildman–Crippen LogP) is 3.91. The Labute approximate surface area is 191 Å². The molecule has 10 nitrogen and oxygen atoms in total. The average molecular weight is 476 g/mol. The van der Waals surface area contributed by atoms with Crippen LogP contribution in [0, 0.1) is 11.8 Å². The van der Waals surface area contributed by atoms with Crippen molar-refractivity contribution in [3.63, 3.8) is 0 Å². The third-order valence-corrected chi connectivity index (χ3v) is 7.48. The van der Waals surface area contributed by atoms with Crippen molar-refractivity contribution in [2.45, 2.75) is 75.8 Å². The summed E-state index contributed by atoms with van der Waals surface area (Å²) in [5.74, 6) is 0.618. The normalized spacial score (nSPS) is 27.1. The Morgan fingerprint density at radius 1 is 0.875 bits per heavy atom. The molecule has 0 N–H and O–H groups in total. The molecule has 0 amide bonds. The summed E-state index contributed by atoms with van der Waals surface area (Å²) in [5, 5.41) is 3.57. The molecule has 184 valence electrons. The van der Waals surface area contributed by atoms with E-state index in [1.807, 2.05) is 0 Å². The zero-order valence-electron chi connectivity index (χ0n) is 19.1. The molecule has 11 heteroatoms. The molecule has 32 heavy (non-hydrogen) atoms. The van der Waals surface area contributed by atoms with Crippen molar-refractivity contribution in [2.75, 3.05) is 45.8 Å². The fourth-order valence-electron chi connectivity index (χ4n) is 5.03. The van der Waals surface area contributed by atoms with Crippen molar-refractivity contribution in [1.29, 1.82) is 0 Å². The molecule has 0 bridgehead atoms. The van der Waals surface area contributed by atoms with Gasteiger partial charge in [0.1, 0.15) is 0 Å². The number of hydrogen-bond acceptors (Lipinski definition) is 8. The van der Waals surface area contributed by atoms with Crippen LogP contribution in [0.1, 0.15) is 64.2 Å². The maximum atomic E-state index is 10.8. The van der Waals surface area contributed by atoms with Crippen LogP contribution in [0.5, 0.6) is 0 Å². The van der Waals surface area contributed by atoms with Crippen LogP contribution < -0.4 is 0 Å². The van der Waals surface area contributed by atoms with Crippen molar-refractivity contribution in [3.05, 3.63) is 10.4 Å². The summed E-state index contributed by atoms with van der Waals surface area (Å²) >= 11 is 0. The van der Waals surface area contributed by atoms with E-state index in [1.54, 1.807) is 0 Å². The Bertz CT molecular complexity index is 710. The fraction of sp³-hybridized carbons (Fsp3) is 1.00. The molecule has 2 heterocycles. The summed E-state index contributed by atoms with van der Waals surface area (Å²) in [5.41, 5.74) is 8.18. The van der Waals surface area contributed by atoms with E-state index >= 15 is 0 Å². The molecule has 4 rings (SSSR count). The highest BCUT2D eigenvalue weighted by Gasteiger charge is 2.41. The Hall–Kier alpha value is -0.940. The lowest BCUT2D eigenvalue weighted by atomic mass is 9.83. The first-order valence-corrected chi connectivity index (χ1v) is 13.6. The van der Waals surface area contributed by atoms with Gasteiger partial charge in [0.25, 0.3) is 10.1 Å². The highest BCUT2D eigenvalue weighted by atomic mass is 32.2. The molecule has 0 atom stereocenters. The molecule has 0 aromatic rings. The summed E-state index contributed by atoms with van der Waals surface area (Å²) in [6, 6.07) is 0. The zero-order chi connectivity index (χ0) is 22.9.